The normalized spacial score (nSPS) is 10.8. The molecule has 0 aliphatic rings. The Hall–Kier alpha value is -1.98. The van der Waals surface area contributed by atoms with E-state index in [4.69, 9.17) is 21.8 Å². The van der Waals surface area contributed by atoms with Gasteiger partial charge in [-0.1, -0.05) is 11.6 Å². The fourth-order valence-electron chi connectivity index (χ4n) is 1.94. The third-order valence-electron chi connectivity index (χ3n) is 2.94. The van der Waals surface area contributed by atoms with Gasteiger partial charge in [-0.3, -0.25) is 4.79 Å². The zero-order chi connectivity index (χ0) is 15.0. The number of carbonyl (C=O) groups is 1. The maximum absolute atomic E-state index is 12.2. The van der Waals surface area contributed by atoms with Crippen molar-refractivity contribution >= 4 is 55.8 Å². The highest BCUT2D eigenvalue weighted by Gasteiger charge is 2.13. The van der Waals surface area contributed by atoms with Crippen molar-refractivity contribution in [1.29, 1.82) is 0 Å². The third kappa shape index (κ3) is 2.89. The van der Waals surface area contributed by atoms with Crippen LogP contribution in [0.15, 0.2) is 51.4 Å². The summed E-state index contributed by atoms with van der Waals surface area (Å²) in [6.07, 6.45) is 0. The van der Waals surface area contributed by atoms with Gasteiger partial charge in [0.25, 0.3) is 5.91 Å². The van der Waals surface area contributed by atoms with Crippen LogP contribution in [0.3, 0.4) is 0 Å². The highest BCUT2D eigenvalue weighted by atomic mass is 79.9. The molecule has 6 heteroatoms. The largest absolute Gasteiger partial charge is 0.451 e. The van der Waals surface area contributed by atoms with Crippen LogP contribution in [0.5, 0.6) is 0 Å². The monoisotopic (exact) mass is 364 g/mol. The smallest absolute Gasteiger partial charge is 0.291 e. The van der Waals surface area contributed by atoms with Crippen LogP contribution in [0.4, 0.5) is 11.4 Å². The Kier molecular flexibility index (Phi) is 3.61. The molecule has 0 saturated heterocycles. The molecule has 0 atom stereocenters. The van der Waals surface area contributed by atoms with Crippen LogP contribution in [0.25, 0.3) is 11.0 Å². The number of fused-ring (bicyclic) bond motifs is 1. The molecule has 0 aliphatic heterocycles. The minimum Gasteiger partial charge on any atom is -0.451 e. The predicted molar refractivity (Wildman–Crippen MR) is 87.7 cm³/mol. The molecule has 2 aromatic carbocycles. The lowest BCUT2D eigenvalue weighted by atomic mass is 10.2. The SMILES string of the molecule is Nc1ccc2oc(C(=O)Nc3ccc(Br)c(Cl)c3)cc2c1. The molecule has 0 spiro atoms. The lowest BCUT2D eigenvalue weighted by Crippen LogP contribution is -2.10. The van der Waals surface area contributed by atoms with Crippen molar-refractivity contribution in [3.8, 4) is 0 Å². The van der Waals surface area contributed by atoms with Crippen LogP contribution >= 0.6 is 27.5 Å². The number of nitrogen functional groups attached to an aromatic ring is 1. The molecule has 106 valence electrons. The molecule has 0 aliphatic carbocycles. The maximum Gasteiger partial charge on any atom is 0.291 e. The molecule has 4 nitrogen and oxygen atoms in total. The topological polar surface area (TPSA) is 68.3 Å². The van der Waals surface area contributed by atoms with Gasteiger partial charge in [0, 0.05) is 21.2 Å². The number of rotatable bonds is 2. The molecule has 1 amide bonds. The first-order valence-electron chi connectivity index (χ1n) is 6.08. The summed E-state index contributed by atoms with van der Waals surface area (Å²) < 4.78 is 6.27. The summed E-state index contributed by atoms with van der Waals surface area (Å²) in [5.41, 5.74) is 7.53. The average molecular weight is 366 g/mol. The lowest BCUT2D eigenvalue weighted by molar-refractivity contribution is 0.0998. The minimum atomic E-state index is -0.344. The van der Waals surface area contributed by atoms with Gasteiger partial charge >= 0.3 is 0 Å². The van der Waals surface area contributed by atoms with Gasteiger partial charge in [-0.25, -0.2) is 0 Å². The van der Waals surface area contributed by atoms with Crippen molar-refractivity contribution < 1.29 is 9.21 Å². The molecule has 0 fully saturated rings. The summed E-state index contributed by atoms with van der Waals surface area (Å²) >= 11 is 9.28. The fraction of sp³-hybridized carbons (Fsp3) is 0. The summed E-state index contributed by atoms with van der Waals surface area (Å²) in [4.78, 5) is 12.2. The van der Waals surface area contributed by atoms with E-state index < -0.39 is 0 Å². The van der Waals surface area contributed by atoms with Crippen molar-refractivity contribution in [2.45, 2.75) is 0 Å². The summed E-state index contributed by atoms with van der Waals surface area (Å²) in [6.45, 7) is 0. The van der Waals surface area contributed by atoms with Gasteiger partial charge in [-0.15, -0.1) is 0 Å². The molecular formula is C15H10BrClN2O2. The van der Waals surface area contributed by atoms with Crippen molar-refractivity contribution in [3.05, 3.63) is 57.7 Å². The van der Waals surface area contributed by atoms with Crippen LogP contribution in [-0.2, 0) is 0 Å². The van der Waals surface area contributed by atoms with Crippen LogP contribution in [0.2, 0.25) is 5.02 Å². The number of anilines is 2. The van der Waals surface area contributed by atoms with Crippen LogP contribution < -0.4 is 11.1 Å². The van der Waals surface area contributed by atoms with Crippen molar-refractivity contribution in [2.75, 3.05) is 11.1 Å². The molecule has 0 unspecified atom stereocenters. The Morgan fingerprint density at radius 3 is 2.76 bits per heavy atom. The van der Waals surface area contributed by atoms with Crippen molar-refractivity contribution in [3.63, 3.8) is 0 Å². The molecule has 3 N–H and O–H groups in total. The van der Waals surface area contributed by atoms with E-state index in [1.807, 2.05) is 0 Å². The minimum absolute atomic E-state index is 0.217. The first-order valence-corrected chi connectivity index (χ1v) is 7.25. The van der Waals surface area contributed by atoms with Crippen LogP contribution in [-0.4, -0.2) is 5.91 Å². The third-order valence-corrected chi connectivity index (χ3v) is 4.17. The molecule has 21 heavy (non-hydrogen) atoms. The Morgan fingerprint density at radius 1 is 1.19 bits per heavy atom. The van der Waals surface area contributed by atoms with Gasteiger partial charge in [0.1, 0.15) is 5.58 Å². The molecule has 0 bridgehead atoms. The van der Waals surface area contributed by atoms with Crippen molar-refractivity contribution in [1.82, 2.24) is 0 Å². The number of furan rings is 1. The molecule has 3 aromatic rings. The Morgan fingerprint density at radius 2 is 2.00 bits per heavy atom. The van der Waals surface area contributed by atoms with E-state index in [2.05, 4.69) is 21.2 Å². The molecule has 3 rings (SSSR count). The first kappa shape index (κ1) is 14.0. The maximum atomic E-state index is 12.2. The van der Waals surface area contributed by atoms with Crippen LogP contribution in [0.1, 0.15) is 10.6 Å². The van der Waals surface area contributed by atoms with E-state index in [-0.39, 0.29) is 11.7 Å². The highest BCUT2D eigenvalue weighted by Crippen LogP contribution is 2.26. The van der Waals surface area contributed by atoms with Gasteiger partial charge in [0.2, 0.25) is 0 Å². The van der Waals surface area contributed by atoms with E-state index in [1.54, 1.807) is 42.5 Å². The number of carbonyl (C=O) groups excluding carboxylic acids is 1. The van der Waals surface area contributed by atoms with E-state index in [9.17, 15) is 4.79 Å². The number of hydrogen-bond acceptors (Lipinski definition) is 3. The molecule has 0 saturated carbocycles. The Labute approximate surface area is 134 Å². The quantitative estimate of drug-likeness (QED) is 0.648. The second kappa shape index (κ2) is 5.42. The fourth-order valence-corrected chi connectivity index (χ4v) is 2.37. The summed E-state index contributed by atoms with van der Waals surface area (Å²) in [5.74, 6) is -0.127. The van der Waals surface area contributed by atoms with Gasteiger partial charge in [-0.2, -0.15) is 0 Å². The summed E-state index contributed by atoms with van der Waals surface area (Å²) in [7, 11) is 0. The molecule has 1 heterocycles. The second-order valence-corrected chi connectivity index (χ2v) is 5.75. The van der Waals surface area contributed by atoms with Gasteiger partial charge in [0.05, 0.1) is 5.02 Å². The Bertz CT molecular complexity index is 845. The van der Waals surface area contributed by atoms with Crippen LogP contribution in [0, 0.1) is 0 Å². The predicted octanol–water partition coefficient (Wildman–Crippen LogP) is 4.68. The highest BCUT2D eigenvalue weighted by molar-refractivity contribution is 9.10. The van der Waals surface area contributed by atoms with E-state index in [1.165, 1.54) is 0 Å². The zero-order valence-corrected chi connectivity index (χ0v) is 13.0. The van der Waals surface area contributed by atoms with E-state index in [0.29, 0.717) is 22.0 Å². The van der Waals surface area contributed by atoms with Crippen molar-refractivity contribution in [2.24, 2.45) is 0 Å². The number of nitrogens with one attached hydrogen (secondary N) is 1. The molecular weight excluding hydrogens is 356 g/mol. The second-order valence-electron chi connectivity index (χ2n) is 4.49. The average Bonchev–Trinajstić information content (AvgIpc) is 2.86. The number of amides is 1. The van der Waals surface area contributed by atoms with Gasteiger partial charge < -0.3 is 15.5 Å². The Balaban J connectivity index is 1.87. The summed E-state index contributed by atoms with van der Waals surface area (Å²) in [6, 6.07) is 12.0. The molecule has 0 radical (unpaired) electrons. The first-order chi connectivity index (χ1) is 10.0. The molecule has 1 aromatic heterocycles. The lowest BCUT2D eigenvalue weighted by Gasteiger charge is -2.04. The number of hydrogen-bond donors (Lipinski definition) is 2. The number of benzene rings is 2. The number of halogens is 2. The standard InChI is InChI=1S/C15H10BrClN2O2/c16-11-3-2-10(7-12(11)17)19-15(20)14-6-8-5-9(18)1-4-13(8)21-14/h1-7H,18H2,(H,19,20). The van der Waals surface area contributed by atoms with Gasteiger partial charge in [-0.05, 0) is 58.4 Å². The zero-order valence-electron chi connectivity index (χ0n) is 10.7. The van der Waals surface area contributed by atoms with Gasteiger partial charge in [0.15, 0.2) is 5.76 Å². The van der Waals surface area contributed by atoms with E-state index in [0.717, 1.165) is 9.86 Å². The summed E-state index contributed by atoms with van der Waals surface area (Å²) in [5, 5.41) is 4.04. The number of nitrogens with two attached hydrogens (primary N) is 1. The van der Waals surface area contributed by atoms with E-state index >= 15 is 0 Å².